The molecule has 0 atom stereocenters. The van der Waals surface area contributed by atoms with Gasteiger partial charge in [-0.1, -0.05) is 38.7 Å². The van der Waals surface area contributed by atoms with Crippen LogP contribution in [0.3, 0.4) is 0 Å². The third-order valence-electron chi connectivity index (χ3n) is 2.90. The van der Waals surface area contributed by atoms with Gasteiger partial charge in [0.2, 0.25) is 5.91 Å². The summed E-state index contributed by atoms with van der Waals surface area (Å²) in [6.45, 7) is 4.05. The molecular formula is C16H23NO3. The minimum absolute atomic E-state index is 0.161. The molecule has 0 aromatic heterocycles. The molecule has 0 radical (unpaired) electrons. The van der Waals surface area contributed by atoms with Crippen LogP contribution in [0.2, 0.25) is 0 Å². The van der Waals surface area contributed by atoms with Crippen molar-refractivity contribution in [2.45, 2.75) is 46.0 Å². The Morgan fingerprint density at radius 3 is 2.60 bits per heavy atom. The number of carbonyl (C=O) groups excluding carboxylic acids is 2. The monoisotopic (exact) mass is 277 g/mol. The molecule has 0 unspecified atom stereocenters. The van der Waals surface area contributed by atoms with E-state index in [2.05, 4.69) is 12.2 Å². The molecule has 20 heavy (non-hydrogen) atoms. The SMILES string of the molecule is CCCCCCCOC(=O)c1cccc(NC(C)=O)c1. The lowest BCUT2D eigenvalue weighted by molar-refractivity contribution is -0.114. The van der Waals surface area contributed by atoms with E-state index in [1.54, 1.807) is 24.3 Å². The van der Waals surface area contributed by atoms with Crippen molar-refractivity contribution in [3.63, 3.8) is 0 Å². The average Bonchev–Trinajstić information content (AvgIpc) is 2.42. The summed E-state index contributed by atoms with van der Waals surface area (Å²) in [5.41, 5.74) is 1.07. The highest BCUT2D eigenvalue weighted by molar-refractivity contribution is 5.93. The van der Waals surface area contributed by atoms with Crippen molar-refractivity contribution in [1.82, 2.24) is 0 Å². The van der Waals surface area contributed by atoms with Crippen molar-refractivity contribution in [2.75, 3.05) is 11.9 Å². The highest BCUT2D eigenvalue weighted by atomic mass is 16.5. The number of anilines is 1. The van der Waals surface area contributed by atoms with Gasteiger partial charge < -0.3 is 10.1 Å². The molecular weight excluding hydrogens is 254 g/mol. The molecule has 1 aromatic rings. The van der Waals surface area contributed by atoms with Crippen LogP contribution in [0.15, 0.2) is 24.3 Å². The Hall–Kier alpha value is -1.84. The summed E-state index contributed by atoms with van der Waals surface area (Å²) in [6.07, 6.45) is 5.61. The quantitative estimate of drug-likeness (QED) is 0.581. The lowest BCUT2D eigenvalue weighted by Crippen LogP contribution is -2.09. The number of nitrogens with one attached hydrogen (secondary N) is 1. The second-order valence-electron chi connectivity index (χ2n) is 4.81. The summed E-state index contributed by atoms with van der Waals surface area (Å²) in [6, 6.07) is 6.78. The molecule has 0 aliphatic carbocycles. The Balaban J connectivity index is 2.37. The number of rotatable bonds is 8. The molecule has 0 aliphatic rings. The molecule has 0 fully saturated rings. The fourth-order valence-corrected chi connectivity index (χ4v) is 1.88. The smallest absolute Gasteiger partial charge is 0.338 e. The Labute approximate surface area is 120 Å². The zero-order valence-electron chi connectivity index (χ0n) is 12.3. The maximum absolute atomic E-state index is 11.8. The lowest BCUT2D eigenvalue weighted by Gasteiger charge is -2.07. The summed E-state index contributed by atoms with van der Waals surface area (Å²) in [4.78, 5) is 22.8. The summed E-state index contributed by atoms with van der Waals surface area (Å²) < 4.78 is 5.22. The number of hydrogen-bond acceptors (Lipinski definition) is 3. The minimum Gasteiger partial charge on any atom is -0.462 e. The first kappa shape index (κ1) is 16.2. The normalized spacial score (nSPS) is 10.1. The van der Waals surface area contributed by atoms with Crippen LogP contribution in [0.1, 0.15) is 56.3 Å². The first-order valence-electron chi connectivity index (χ1n) is 7.18. The first-order valence-corrected chi connectivity index (χ1v) is 7.18. The van der Waals surface area contributed by atoms with E-state index in [-0.39, 0.29) is 11.9 Å². The van der Waals surface area contributed by atoms with Crippen LogP contribution in [0.25, 0.3) is 0 Å². The third-order valence-corrected chi connectivity index (χ3v) is 2.90. The van der Waals surface area contributed by atoms with E-state index in [4.69, 9.17) is 4.74 Å². The largest absolute Gasteiger partial charge is 0.462 e. The number of amides is 1. The zero-order chi connectivity index (χ0) is 14.8. The number of hydrogen-bond donors (Lipinski definition) is 1. The van der Waals surface area contributed by atoms with Crippen LogP contribution >= 0.6 is 0 Å². The van der Waals surface area contributed by atoms with Crippen LogP contribution < -0.4 is 5.32 Å². The lowest BCUT2D eigenvalue weighted by atomic mass is 10.1. The summed E-state index contributed by atoms with van der Waals surface area (Å²) >= 11 is 0. The Kier molecular flexibility index (Phi) is 7.40. The van der Waals surface area contributed by atoms with E-state index in [1.807, 2.05) is 0 Å². The van der Waals surface area contributed by atoms with Crippen molar-refractivity contribution in [3.8, 4) is 0 Å². The van der Waals surface area contributed by atoms with E-state index in [9.17, 15) is 9.59 Å². The molecule has 0 spiro atoms. The van der Waals surface area contributed by atoms with E-state index < -0.39 is 0 Å². The van der Waals surface area contributed by atoms with Crippen LogP contribution in [0.5, 0.6) is 0 Å². The van der Waals surface area contributed by atoms with Gasteiger partial charge >= 0.3 is 5.97 Å². The van der Waals surface area contributed by atoms with Gasteiger partial charge in [0.15, 0.2) is 0 Å². The maximum Gasteiger partial charge on any atom is 0.338 e. The van der Waals surface area contributed by atoms with Crippen LogP contribution in [0.4, 0.5) is 5.69 Å². The molecule has 110 valence electrons. The van der Waals surface area contributed by atoms with E-state index >= 15 is 0 Å². The van der Waals surface area contributed by atoms with Gasteiger partial charge in [0, 0.05) is 12.6 Å². The van der Waals surface area contributed by atoms with Gasteiger partial charge in [-0.05, 0) is 24.6 Å². The standard InChI is InChI=1S/C16H23NO3/c1-3-4-5-6-7-11-20-16(19)14-9-8-10-15(12-14)17-13(2)18/h8-10,12H,3-7,11H2,1-2H3,(H,17,18). The molecule has 0 aliphatic heterocycles. The fourth-order valence-electron chi connectivity index (χ4n) is 1.88. The molecule has 4 heteroatoms. The molecule has 1 aromatic carbocycles. The van der Waals surface area contributed by atoms with Crippen LogP contribution in [-0.2, 0) is 9.53 Å². The topological polar surface area (TPSA) is 55.4 Å². The predicted octanol–water partition coefficient (Wildman–Crippen LogP) is 3.77. The molecule has 1 rings (SSSR count). The summed E-state index contributed by atoms with van der Waals surface area (Å²) in [7, 11) is 0. The third kappa shape index (κ3) is 6.36. The van der Waals surface area contributed by atoms with Gasteiger partial charge in [-0.15, -0.1) is 0 Å². The van der Waals surface area contributed by atoms with Gasteiger partial charge in [0.05, 0.1) is 12.2 Å². The average molecular weight is 277 g/mol. The Morgan fingerprint density at radius 1 is 1.15 bits per heavy atom. The fraction of sp³-hybridized carbons (Fsp3) is 0.500. The van der Waals surface area contributed by atoms with Gasteiger partial charge in [0.1, 0.15) is 0 Å². The van der Waals surface area contributed by atoms with Crippen molar-refractivity contribution in [2.24, 2.45) is 0 Å². The molecule has 1 N–H and O–H groups in total. The van der Waals surface area contributed by atoms with E-state index in [0.717, 1.165) is 12.8 Å². The van der Waals surface area contributed by atoms with Crippen LogP contribution in [0, 0.1) is 0 Å². The molecule has 0 heterocycles. The van der Waals surface area contributed by atoms with E-state index in [1.165, 1.54) is 26.2 Å². The van der Waals surface area contributed by atoms with Crippen LogP contribution in [-0.4, -0.2) is 18.5 Å². The van der Waals surface area contributed by atoms with Gasteiger partial charge in [-0.25, -0.2) is 4.79 Å². The maximum atomic E-state index is 11.8. The highest BCUT2D eigenvalue weighted by Gasteiger charge is 2.07. The molecule has 0 saturated heterocycles. The molecule has 4 nitrogen and oxygen atoms in total. The Morgan fingerprint density at radius 2 is 1.90 bits per heavy atom. The first-order chi connectivity index (χ1) is 9.63. The number of carbonyl (C=O) groups is 2. The predicted molar refractivity (Wildman–Crippen MR) is 79.8 cm³/mol. The number of ether oxygens (including phenoxy) is 1. The highest BCUT2D eigenvalue weighted by Crippen LogP contribution is 2.12. The summed E-state index contributed by atoms with van der Waals surface area (Å²) in [5.74, 6) is -0.501. The van der Waals surface area contributed by atoms with Crippen molar-refractivity contribution in [1.29, 1.82) is 0 Å². The van der Waals surface area contributed by atoms with Gasteiger partial charge in [-0.2, -0.15) is 0 Å². The molecule has 1 amide bonds. The van der Waals surface area contributed by atoms with Crippen molar-refractivity contribution >= 4 is 17.6 Å². The zero-order valence-corrected chi connectivity index (χ0v) is 12.3. The van der Waals surface area contributed by atoms with E-state index in [0.29, 0.717) is 17.9 Å². The molecule has 0 bridgehead atoms. The Bertz CT molecular complexity index is 443. The minimum atomic E-state index is -0.340. The number of benzene rings is 1. The second-order valence-corrected chi connectivity index (χ2v) is 4.81. The van der Waals surface area contributed by atoms with Gasteiger partial charge in [0.25, 0.3) is 0 Å². The molecule has 0 saturated carbocycles. The van der Waals surface area contributed by atoms with Crippen molar-refractivity contribution in [3.05, 3.63) is 29.8 Å². The van der Waals surface area contributed by atoms with Crippen molar-refractivity contribution < 1.29 is 14.3 Å². The summed E-state index contributed by atoms with van der Waals surface area (Å²) in [5, 5.41) is 2.64. The number of unbranched alkanes of at least 4 members (excludes halogenated alkanes) is 4. The second kappa shape index (κ2) is 9.13. The number of esters is 1. The van der Waals surface area contributed by atoms with Gasteiger partial charge in [-0.3, -0.25) is 4.79 Å².